The van der Waals surface area contributed by atoms with Crippen molar-refractivity contribution in [2.45, 2.75) is 30.5 Å². The quantitative estimate of drug-likeness (QED) is 0.606. The zero-order valence-corrected chi connectivity index (χ0v) is 12.2. The van der Waals surface area contributed by atoms with Crippen LogP contribution in [0.25, 0.3) is 0 Å². The number of halogens is 1. The number of ether oxygens (including phenoxy) is 1. The van der Waals surface area contributed by atoms with Crippen LogP contribution >= 0.6 is 23.4 Å². The summed E-state index contributed by atoms with van der Waals surface area (Å²) < 4.78 is 4.97. The summed E-state index contributed by atoms with van der Waals surface area (Å²) in [5, 5.41) is 4.70. The molecule has 0 fully saturated rings. The van der Waals surface area contributed by atoms with E-state index in [1.54, 1.807) is 18.9 Å². The van der Waals surface area contributed by atoms with Crippen molar-refractivity contribution in [2.75, 3.05) is 20.3 Å². The van der Waals surface area contributed by atoms with Crippen LogP contribution in [0.1, 0.15) is 19.4 Å². The second kappa shape index (κ2) is 7.98. The minimum Gasteiger partial charge on any atom is -0.383 e. The maximum absolute atomic E-state index is 6.24. The van der Waals surface area contributed by atoms with Crippen molar-refractivity contribution in [3.63, 3.8) is 0 Å². The lowest BCUT2D eigenvalue weighted by Gasteiger charge is -2.09. The minimum atomic E-state index is 0.554. The lowest BCUT2D eigenvalue weighted by Crippen LogP contribution is -2.18. The summed E-state index contributed by atoms with van der Waals surface area (Å²) in [6.45, 7) is 6.75. The van der Waals surface area contributed by atoms with Crippen molar-refractivity contribution in [2.24, 2.45) is 0 Å². The van der Waals surface area contributed by atoms with Gasteiger partial charge in [0.2, 0.25) is 0 Å². The summed E-state index contributed by atoms with van der Waals surface area (Å²) >= 11 is 8.03. The first-order chi connectivity index (χ1) is 8.13. The number of benzene rings is 1. The topological polar surface area (TPSA) is 21.3 Å². The molecule has 96 valence electrons. The fourth-order valence-corrected chi connectivity index (χ4v) is 2.57. The molecule has 0 unspecified atom stereocenters. The Bertz CT molecular complexity index is 344. The monoisotopic (exact) mass is 273 g/mol. The van der Waals surface area contributed by atoms with Gasteiger partial charge in [-0.1, -0.05) is 31.5 Å². The zero-order chi connectivity index (χ0) is 12.7. The van der Waals surface area contributed by atoms with E-state index in [-0.39, 0.29) is 0 Å². The van der Waals surface area contributed by atoms with Crippen LogP contribution in [0.3, 0.4) is 0 Å². The highest BCUT2D eigenvalue weighted by atomic mass is 35.5. The van der Waals surface area contributed by atoms with E-state index in [2.05, 4.69) is 31.3 Å². The molecule has 2 nitrogen and oxygen atoms in total. The summed E-state index contributed by atoms with van der Waals surface area (Å²) in [5.74, 6) is 0. The predicted molar refractivity (Wildman–Crippen MR) is 76.0 cm³/mol. The smallest absolute Gasteiger partial charge is 0.0587 e. The Balaban J connectivity index is 2.50. The van der Waals surface area contributed by atoms with Crippen molar-refractivity contribution < 1.29 is 4.74 Å². The molecule has 0 aliphatic rings. The Morgan fingerprint density at radius 2 is 2.18 bits per heavy atom. The van der Waals surface area contributed by atoms with E-state index >= 15 is 0 Å². The number of thioether (sulfide) groups is 1. The second-order valence-electron chi connectivity index (χ2n) is 4.10. The van der Waals surface area contributed by atoms with Gasteiger partial charge in [0, 0.05) is 30.3 Å². The molecule has 17 heavy (non-hydrogen) atoms. The highest BCUT2D eigenvalue weighted by molar-refractivity contribution is 8.00. The molecular weight excluding hydrogens is 254 g/mol. The molecular formula is C13H20ClNOS. The van der Waals surface area contributed by atoms with Crippen molar-refractivity contribution >= 4 is 23.4 Å². The molecule has 0 aromatic heterocycles. The van der Waals surface area contributed by atoms with Gasteiger partial charge in [0.05, 0.1) is 11.6 Å². The van der Waals surface area contributed by atoms with Gasteiger partial charge < -0.3 is 10.1 Å². The van der Waals surface area contributed by atoms with Gasteiger partial charge in [-0.25, -0.2) is 0 Å². The Hall–Kier alpha value is -0.220. The van der Waals surface area contributed by atoms with E-state index in [0.717, 1.165) is 29.6 Å². The number of rotatable bonds is 7. The van der Waals surface area contributed by atoms with Gasteiger partial charge in [0.25, 0.3) is 0 Å². The summed E-state index contributed by atoms with van der Waals surface area (Å²) in [5.41, 5.74) is 1.21. The van der Waals surface area contributed by atoms with Gasteiger partial charge in [-0.05, 0) is 17.7 Å². The van der Waals surface area contributed by atoms with Crippen molar-refractivity contribution in [1.29, 1.82) is 0 Å². The van der Waals surface area contributed by atoms with Crippen LogP contribution in [0.2, 0.25) is 5.02 Å². The first kappa shape index (κ1) is 14.8. The average Bonchev–Trinajstić information content (AvgIpc) is 2.27. The van der Waals surface area contributed by atoms with Crippen molar-refractivity contribution in [3.8, 4) is 0 Å². The molecule has 1 rings (SSSR count). The molecule has 1 N–H and O–H groups in total. The molecule has 1 aromatic rings. The first-order valence-electron chi connectivity index (χ1n) is 5.78. The maximum atomic E-state index is 6.24. The Morgan fingerprint density at radius 3 is 2.76 bits per heavy atom. The van der Waals surface area contributed by atoms with Gasteiger partial charge in [0.15, 0.2) is 0 Å². The maximum Gasteiger partial charge on any atom is 0.0587 e. The van der Waals surface area contributed by atoms with Gasteiger partial charge in [-0.3, -0.25) is 0 Å². The molecule has 0 heterocycles. The van der Waals surface area contributed by atoms with E-state index in [1.165, 1.54) is 5.56 Å². The fourth-order valence-electron chi connectivity index (χ4n) is 1.41. The summed E-state index contributed by atoms with van der Waals surface area (Å²) in [6, 6.07) is 6.25. The van der Waals surface area contributed by atoms with E-state index in [4.69, 9.17) is 16.3 Å². The summed E-state index contributed by atoms with van der Waals surface area (Å²) in [6.07, 6.45) is 0. The average molecular weight is 274 g/mol. The van der Waals surface area contributed by atoms with Crippen LogP contribution in [-0.2, 0) is 11.3 Å². The lowest BCUT2D eigenvalue weighted by atomic mass is 10.2. The van der Waals surface area contributed by atoms with Crippen LogP contribution in [0.4, 0.5) is 0 Å². The number of hydrogen-bond acceptors (Lipinski definition) is 3. The van der Waals surface area contributed by atoms with E-state index in [9.17, 15) is 0 Å². The number of hydrogen-bond donors (Lipinski definition) is 1. The normalized spacial score (nSPS) is 11.1. The van der Waals surface area contributed by atoms with Crippen molar-refractivity contribution in [1.82, 2.24) is 5.32 Å². The van der Waals surface area contributed by atoms with Gasteiger partial charge in [-0.2, -0.15) is 0 Å². The SMILES string of the molecule is COCCNCc1ccc(SC(C)C)c(Cl)c1. The molecule has 0 amide bonds. The van der Waals surface area contributed by atoms with Crippen LogP contribution in [0.15, 0.2) is 23.1 Å². The Kier molecular flexibility index (Phi) is 6.97. The third kappa shape index (κ3) is 5.77. The third-order valence-electron chi connectivity index (χ3n) is 2.17. The lowest BCUT2D eigenvalue weighted by molar-refractivity contribution is 0.199. The van der Waals surface area contributed by atoms with Gasteiger partial charge in [0.1, 0.15) is 0 Å². The third-order valence-corrected chi connectivity index (χ3v) is 3.68. The first-order valence-corrected chi connectivity index (χ1v) is 7.04. The highest BCUT2D eigenvalue weighted by Gasteiger charge is 2.04. The number of nitrogens with one attached hydrogen (secondary N) is 1. The molecule has 1 aromatic carbocycles. The van der Waals surface area contributed by atoms with Crippen LogP contribution in [0.5, 0.6) is 0 Å². The number of methoxy groups -OCH3 is 1. The molecule has 0 aliphatic heterocycles. The van der Waals surface area contributed by atoms with Crippen LogP contribution in [-0.4, -0.2) is 25.5 Å². The highest BCUT2D eigenvalue weighted by Crippen LogP contribution is 2.30. The van der Waals surface area contributed by atoms with Crippen LogP contribution in [0, 0.1) is 0 Å². The molecule has 0 spiro atoms. The molecule has 0 saturated carbocycles. The summed E-state index contributed by atoms with van der Waals surface area (Å²) in [7, 11) is 1.70. The zero-order valence-electron chi connectivity index (χ0n) is 10.6. The fraction of sp³-hybridized carbons (Fsp3) is 0.538. The standard InChI is InChI=1S/C13H20ClNOS/c1-10(2)17-13-5-4-11(8-12(13)14)9-15-6-7-16-3/h4-5,8,10,15H,6-7,9H2,1-3H3. The molecule has 0 bridgehead atoms. The van der Waals surface area contributed by atoms with Gasteiger partial charge >= 0.3 is 0 Å². The van der Waals surface area contributed by atoms with E-state index in [0.29, 0.717) is 5.25 Å². The predicted octanol–water partition coefficient (Wildman–Crippen LogP) is 3.58. The molecule has 0 saturated heterocycles. The molecule has 4 heteroatoms. The van der Waals surface area contributed by atoms with Crippen LogP contribution < -0.4 is 5.32 Å². The molecule has 0 radical (unpaired) electrons. The Labute approximate surface area is 113 Å². The molecule has 0 aliphatic carbocycles. The largest absolute Gasteiger partial charge is 0.383 e. The van der Waals surface area contributed by atoms with E-state index < -0.39 is 0 Å². The second-order valence-corrected chi connectivity index (χ2v) is 6.13. The molecule has 0 atom stereocenters. The van der Waals surface area contributed by atoms with E-state index in [1.807, 2.05) is 6.07 Å². The Morgan fingerprint density at radius 1 is 1.41 bits per heavy atom. The van der Waals surface area contributed by atoms with Gasteiger partial charge in [-0.15, -0.1) is 11.8 Å². The van der Waals surface area contributed by atoms with Crippen molar-refractivity contribution in [3.05, 3.63) is 28.8 Å². The summed E-state index contributed by atoms with van der Waals surface area (Å²) in [4.78, 5) is 1.15. The minimum absolute atomic E-state index is 0.554.